The van der Waals surface area contributed by atoms with Crippen LogP contribution in [-0.2, 0) is 35.1 Å². The number of carbonyl (C=O) groups excluding carboxylic acids is 6. The molecule has 1 aromatic carbocycles. The van der Waals surface area contributed by atoms with Gasteiger partial charge in [0.15, 0.2) is 0 Å². The van der Waals surface area contributed by atoms with E-state index in [0.29, 0.717) is 32.5 Å². The minimum absolute atomic E-state index is 0.00208. The van der Waals surface area contributed by atoms with Gasteiger partial charge in [-0.05, 0) is 66.4 Å². The molecular weight excluding hydrogens is 512 g/mol. The van der Waals surface area contributed by atoms with Crippen LogP contribution in [0.15, 0.2) is 30.3 Å². The Bertz CT molecular complexity index is 932. The Balaban J connectivity index is 0.000000652. The Morgan fingerprint density at radius 3 is 1.77 bits per heavy atom. The summed E-state index contributed by atoms with van der Waals surface area (Å²) in [5.41, 5.74) is 0.201. The van der Waals surface area contributed by atoms with Crippen LogP contribution in [0.5, 0.6) is 0 Å². The fraction of sp³-hybridized carbons (Fsp3) is 0.630. The zero-order valence-electron chi connectivity index (χ0n) is 23.4. The summed E-state index contributed by atoms with van der Waals surface area (Å²) in [6.45, 7) is 12.4. The number of rotatable bonds is 2. The fourth-order valence-corrected chi connectivity index (χ4v) is 3.75. The van der Waals surface area contributed by atoms with Crippen molar-refractivity contribution in [2.45, 2.75) is 90.3 Å². The predicted molar refractivity (Wildman–Crippen MR) is 136 cm³/mol. The number of aliphatic hydroxyl groups excluding tert-OH is 2. The molecule has 12 nitrogen and oxygen atoms in total. The zero-order valence-corrected chi connectivity index (χ0v) is 23.4. The highest BCUT2D eigenvalue weighted by Crippen LogP contribution is 2.24. The molecule has 2 saturated heterocycles. The van der Waals surface area contributed by atoms with Crippen LogP contribution in [0.3, 0.4) is 0 Å². The number of ether oxygens (including phenoxy) is 2. The van der Waals surface area contributed by atoms with Gasteiger partial charge in [0, 0.05) is 19.1 Å². The van der Waals surface area contributed by atoms with E-state index in [0.717, 1.165) is 6.42 Å². The first-order chi connectivity index (χ1) is 18.1. The molecule has 12 heteroatoms. The number of aliphatic hydroxyl groups is 2. The first-order valence-electron chi connectivity index (χ1n) is 12.4. The molecule has 39 heavy (non-hydrogen) atoms. The Hall–Kier alpha value is -3.56. The third-order valence-electron chi connectivity index (χ3n) is 5.15. The maximum absolute atomic E-state index is 12.2. The van der Waals surface area contributed by atoms with E-state index in [4.69, 9.17) is 28.7 Å². The lowest BCUT2D eigenvalue weighted by Crippen LogP contribution is -2.41. The molecule has 1 aromatic rings. The van der Waals surface area contributed by atoms with Crippen molar-refractivity contribution in [3.8, 4) is 0 Å². The van der Waals surface area contributed by atoms with Crippen LogP contribution in [0.25, 0.3) is 0 Å². The molecule has 0 aliphatic carbocycles. The van der Waals surface area contributed by atoms with Crippen molar-refractivity contribution >= 4 is 24.5 Å². The maximum atomic E-state index is 12.2. The number of amides is 2. The molecule has 0 radical (unpaired) electrons. The molecule has 2 N–H and O–H groups in total. The second-order valence-corrected chi connectivity index (χ2v) is 10.9. The van der Waals surface area contributed by atoms with Gasteiger partial charge in [-0.3, -0.25) is 0 Å². The van der Waals surface area contributed by atoms with Crippen LogP contribution < -0.4 is 0 Å². The number of hydrogen-bond donors (Lipinski definition) is 2. The Morgan fingerprint density at radius 2 is 1.33 bits per heavy atom. The van der Waals surface area contributed by atoms with Crippen molar-refractivity contribution in [2.24, 2.45) is 0 Å². The summed E-state index contributed by atoms with van der Waals surface area (Å²) in [7, 11) is 0. The fourth-order valence-electron chi connectivity index (χ4n) is 3.75. The topological polar surface area (TPSA) is 168 Å². The van der Waals surface area contributed by atoms with Crippen LogP contribution >= 0.6 is 0 Å². The van der Waals surface area contributed by atoms with Gasteiger partial charge in [-0.15, -0.1) is 0 Å². The third kappa shape index (κ3) is 16.1. The number of nitrogens with zero attached hydrogens (tertiary/aromatic N) is 2. The van der Waals surface area contributed by atoms with E-state index in [1.165, 1.54) is 10.5 Å². The van der Waals surface area contributed by atoms with E-state index in [2.05, 4.69) is 0 Å². The second kappa shape index (κ2) is 17.1. The summed E-state index contributed by atoms with van der Waals surface area (Å²) in [5, 5.41) is 19.0. The van der Waals surface area contributed by atoms with E-state index >= 15 is 0 Å². The third-order valence-corrected chi connectivity index (χ3v) is 5.15. The second-order valence-electron chi connectivity index (χ2n) is 10.9. The van der Waals surface area contributed by atoms with Crippen molar-refractivity contribution in [1.29, 1.82) is 0 Å². The standard InChI is InChI=1S/C16H23NO3.C9H17NO3.2CO2/c1-16(2,3)20-15(19)17-11-14(18)10-13(17)9-12-7-5-4-6-8-12;1-9(2,3)13-8(12)10-5-4-7(11)6-10;2*2-1-3/h4-8,13-14,18H,9-11H2,1-3H3;7,11H,4-6H2,1-3H3;;/t13-,14-;7-;;/m01../s1. The Kier molecular flexibility index (Phi) is 15.6. The summed E-state index contributed by atoms with van der Waals surface area (Å²) >= 11 is 0. The van der Waals surface area contributed by atoms with Crippen LogP contribution in [0, 0.1) is 0 Å². The summed E-state index contributed by atoms with van der Waals surface area (Å²) in [6.07, 6.45) is 0.993. The molecule has 2 aliphatic heterocycles. The molecule has 2 heterocycles. The minimum Gasteiger partial charge on any atom is -0.444 e. The van der Waals surface area contributed by atoms with E-state index < -0.39 is 17.3 Å². The molecule has 3 atom stereocenters. The smallest absolute Gasteiger partial charge is 0.410 e. The zero-order chi connectivity index (χ0) is 30.2. The van der Waals surface area contributed by atoms with Crippen LogP contribution in [0.2, 0.25) is 0 Å². The monoisotopic (exact) mass is 552 g/mol. The van der Waals surface area contributed by atoms with E-state index in [9.17, 15) is 19.8 Å². The molecule has 2 amide bonds. The van der Waals surface area contributed by atoms with Gasteiger partial charge < -0.3 is 29.5 Å². The minimum atomic E-state index is -0.512. The summed E-state index contributed by atoms with van der Waals surface area (Å²) in [5.74, 6) is 0. The van der Waals surface area contributed by atoms with Gasteiger partial charge in [0.1, 0.15) is 11.2 Å². The molecule has 2 fully saturated rings. The van der Waals surface area contributed by atoms with Gasteiger partial charge >= 0.3 is 24.5 Å². The highest BCUT2D eigenvalue weighted by molar-refractivity contribution is 5.69. The van der Waals surface area contributed by atoms with Crippen LogP contribution in [0.1, 0.15) is 59.9 Å². The maximum Gasteiger partial charge on any atom is 0.410 e. The molecule has 0 bridgehead atoms. The number of β-amino-alcohol motifs (C(OH)–C–C–N with tert-alkyl or cyclic N) is 2. The first-order valence-corrected chi connectivity index (χ1v) is 12.4. The van der Waals surface area contributed by atoms with Gasteiger partial charge in [0.05, 0.1) is 18.8 Å². The highest BCUT2D eigenvalue weighted by atomic mass is 16.6. The van der Waals surface area contributed by atoms with Crippen molar-refractivity contribution in [1.82, 2.24) is 9.80 Å². The summed E-state index contributed by atoms with van der Waals surface area (Å²) in [6, 6.07) is 10.0. The van der Waals surface area contributed by atoms with Gasteiger partial charge in [0.25, 0.3) is 0 Å². The van der Waals surface area contributed by atoms with E-state index in [-0.39, 0.29) is 36.6 Å². The average Bonchev–Trinajstić information content (AvgIpc) is 3.39. The van der Waals surface area contributed by atoms with Gasteiger partial charge in [0.2, 0.25) is 0 Å². The molecular formula is C27H40N2O10. The average molecular weight is 553 g/mol. The lowest BCUT2D eigenvalue weighted by molar-refractivity contribution is -0.193. The quantitative estimate of drug-likeness (QED) is 0.556. The Morgan fingerprint density at radius 1 is 0.846 bits per heavy atom. The largest absolute Gasteiger partial charge is 0.444 e. The van der Waals surface area contributed by atoms with E-state index in [1.807, 2.05) is 71.9 Å². The molecule has 218 valence electrons. The van der Waals surface area contributed by atoms with E-state index in [1.54, 1.807) is 4.90 Å². The SMILES string of the molecule is CC(C)(C)OC(=O)N1CC[C@@H](O)C1.CC(C)(C)OC(=O)N1C[C@@H](O)C[C@@H]1Cc1ccccc1.O=C=O.O=C=O. The lowest BCUT2D eigenvalue weighted by Gasteiger charge is -2.28. The molecule has 3 rings (SSSR count). The molecule has 0 spiro atoms. The Labute approximate surface area is 228 Å². The number of likely N-dealkylation sites (tertiary alicyclic amines) is 2. The first kappa shape index (κ1) is 35.4. The molecule has 0 unspecified atom stereocenters. The van der Waals surface area contributed by atoms with Gasteiger partial charge in [-0.2, -0.15) is 19.2 Å². The van der Waals surface area contributed by atoms with Crippen LogP contribution in [-0.4, -0.2) is 93.6 Å². The molecule has 0 aromatic heterocycles. The van der Waals surface area contributed by atoms with Crippen LogP contribution in [0.4, 0.5) is 9.59 Å². The van der Waals surface area contributed by atoms with Gasteiger partial charge in [-0.1, -0.05) is 30.3 Å². The number of hydrogen-bond acceptors (Lipinski definition) is 10. The highest BCUT2D eigenvalue weighted by Gasteiger charge is 2.36. The molecule has 2 aliphatic rings. The lowest BCUT2D eigenvalue weighted by atomic mass is 10.0. The van der Waals surface area contributed by atoms with Crippen molar-refractivity contribution < 1.29 is 48.5 Å². The summed E-state index contributed by atoms with van der Waals surface area (Å²) < 4.78 is 10.6. The predicted octanol–water partition coefficient (Wildman–Crippen LogP) is 2.42. The number of benzene rings is 1. The normalized spacial score (nSPS) is 19.9. The van der Waals surface area contributed by atoms with Crippen molar-refractivity contribution in [3.63, 3.8) is 0 Å². The van der Waals surface area contributed by atoms with Crippen molar-refractivity contribution in [2.75, 3.05) is 19.6 Å². The number of carbonyl (C=O) groups is 2. The molecule has 0 saturated carbocycles. The van der Waals surface area contributed by atoms with Crippen molar-refractivity contribution in [3.05, 3.63) is 35.9 Å². The van der Waals surface area contributed by atoms with Gasteiger partial charge in [-0.25, -0.2) is 9.59 Å². The summed E-state index contributed by atoms with van der Waals surface area (Å²) in [4.78, 5) is 59.3.